The van der Waals surface area contributed by atoms with E-state index in [0.717, 1.165) is 0 Å². The van der Waals surface area contributed by atoms with Crippen LogP contribution in [0.15, 0.2) is 18.2 Å². The fourth-order valence-corrected chi connectivity index (χ4v) is 2.20. The molecular formula is C11H11Cl2N3O2. The van der Waals surface area contributed by atoms with E-state index in [4.69, 9.17) is 29.0 Å². The molecule has 1 atom stereocenters. The Balaban J connectivity index is 2.21. The molecule has 1 unspecified atom stereocenters. The van der Waals surface area contributed by atoms with Gasteiger partial charge in [0.25, 0.3) is 0 Å². The highest BCUT2D eigenvalue weighted by Gasteiger charge is 2.34. The summed E-state index contributed by atoms with van der Waals surface area (Å²) >= 11 is 11.7. The average molecular weight is 288 g/mol. The molecular weight excluding hydrogens is 277 g/mol. The van der Waals surface area contributed by atoms with E-state index < -0.39 is 5.92 Å². The molecule has 0 radical (unpaired) electrons. The standard InChI is InChI=1S/C11H11Cl2N3O2/c12-8-2-1-7(4-9(8)13)16-5-6(3-10(16)17)11(18)15-14/h1-2,4,6H,3,5,14H2,(H,15,18). The molecule has 1 aromatic carbocycles. The summed E-state index contributed by atoms with van der Waals surface area (Å²) in [5, 5.41) is 0.789. The third-order valence-corrected chi connectivity index (χ3v) is 3.59. The van der Waals surface area contributed by atoms with Crippen LogP contribution in [0.2, 0.25) is 10.0 Å². The molecule has 18 heavy (non-hydrogen) atoms. The van der Waals surface area contributed by atoms with Crippen molar-refractivity contribution in [2.24, 2.45) is 11.8 Å². The lowest BCUT2D eigenvalue weighted by atomic mass is 10.1. The number of carbonyl (C=O) groups excluding carboxylic acids is 2. The smallest absolute Gasteiger partial charge is 0.239 e. The number of rotatable bonds is 2. The van der Waals surface area contributed by atoms with Crippen LogP contribution >= 0.6 is 23.2 Å². The van der Waals surface area contributed by atoms with Crippen molar-refractivity contribution in [1.82, 2.24) is 5.43 Å². The number of nitrogens with two attached hydrogens (primary N) is 1. The summed E-state index contributed by atoms with van der Waals surface area (Å²) in [4.78, 5) is 24.7. The third kappa shape index (κ3) is 2.43. The molecule has 1 heterocycles. The van der Waals surface area contributed by atoms with Gasteiger partial charge in [-0.2, -0.15) is 0 Å². The lowest BCUT2D eigenvalue weighted by molar-refractivity contribution is -0.126. The van der Waals surface area contributed by atoms with Gasteiger partial charge in [0.15, 0.2) is 0 Å². The number of amides is 2. The summed E-state index contributed by atoms with van der Waals surface area (Å²) in [6.45, 7) is 0.291. The summed E-state index contributed by atoms with van der Waals surface area (Å²) in [6, 6.07) is 4.90. The van der Waals surface area contributed by atoms with Gasteiger partial charge in [-0.15, -0.1) is 0 Å². The highest BCUT2D eigenvalue weighted by atomic mass is 35.5. The number of carbonyl (C=O) groups is 2. The zero-order valence-corrected chi connectivity index (χ0v) is 10.8. The molecule has 1 saturated heterocycles. The van der Waals surface area contributed by atoms with Gasteiger partial charge in [0.05, 0.1) is 16.0 Å². The normalized spacial score (nSPS) is 19.2. The second-order valence-corrected chi connectivity index (χ2v) is 4.83. The van der Waals surface area contributed by atoms with E-state index in [0.29, 0.717) is 22.3 Å². The monoisotopic (exact) mass is 287 g/mol. The van der Waals surface area contributed by atoms with Gasteiger partial charge < -0.3 is 4.90 Å². The zero-order chi connectivity index (χ0) is 13.3. The molecule has 0 aromatic heterocycles. The highest BCUT2D eigenvalue weighted by Crippen LogP contribution is 2.30. The first kappa shape index (κ1) is 13.1. The molecule has 1 aliphatic rings. The fourth-order valence-electron chi connectivity index (χ4n) is 1.90. The van der Waals surface area contributed by atoms with Gasteiger partial charge in [0, 0.05) is 18.7 Å². The van der Waals surface area contributed by atoms with Crippen molar-refractivity contribution >= 4 is 40.7 Å². The van der Waals surface area contributed by atoms with Crippen LogP contribution in [0, 0.1) is 5.92 Å². The number of anilines is 1. The number of hydrogen-bond donors (Lipinski definition) is 2. The maximum Gasteiger partial charge on any atom is 0.239 e. The Morgan fingerprint density at radius 2 is 2.11 bits per heavy atom. The summed E-state index contributed by atoms with van der Waals surface area (Å²) in [5.74, 6) is 4.15. The average Bonchev–Trinajstić information content (AvgIpc) is 2.74. The molecule has 2 amide bonds. The lowest BCUT2D eigenvalue weighted by Crippen LogP contribution is -2.37. The van der Waals surface area contributed by atoms with E-state index in [1.807, 2.05) is 0 Å². The quantitative estimate of drug-likeness (QED) is 0.490. The first-order valence-corrected chi connectivity index (χ1v) is 6.04. The first-order valence-electron chi connectivity index (χ1n) is 5.29. The van der Waals surface area contributed by atoms with Crippen molar-refractivity contribution in [2.75, 3.05) is 11.4 Å². The lowest BCUT2D eigenvalue weighted by Gasteiger charge is -2.17. The van der Waals surface area contributed by atoms with Gasteiger partial charge in [0.1, 0.15) is 0 Å². The number of hydrazine groups is 1. The van der Waals surface area contributed by atoms with Crippen LogP contribution in [0.5, 0.6) is 0 Å². The molecule has 3 N–H and O–H groups in total. The van der Waals surface area contributed by atoms with Crippen LogP contribution in [0.3, 0.4) is 0 Å². The molecule has 7 heteroatoms. The molecule has 0 aliphatic carbocycles. The van der Waals surface area contributed by atoms with E-state index in [-0.39, 0.29) is 18.2 Å². The molecule has 0 saturated carbocycles. The van der Waals surface area contributed by atoms with Crippen molar-refractivity contribution in [3.63, 3.8) is 0 Å². The molecule has 1 aliphatic heterocycles. The van der Waals surface area contributed by atoms with Crippen molar-refractivity contribution < 1.29 is 9.59 Å². The van der Waals surface area contributed by atoms with Crippen molar-refractivity contribution in [1.29, 1.82) is 0 Å². The van der Waals surface area contributed by atoms with E-state index in [9.17, 15) is 9.59 Å². The van der Waals surface area contributed by atoms with Crippen LogP contribution in [0.25, 0.3) is 0 Å². The minimum Gasteiger partial charge on any atom is -0.312 e. The Kier molecular flexibility index (Phi) is 3.75. The van der Waals surface area contributed by atoms with Gasteiger partial charge in [0.2, 0.25) is 11.8 Å². The predicted molar refractivity (Wildman–Crippen MR) is 69.3 cm³/mol. The summed E-state index contributed by atoms with van der Waals surface area (Å²) in [5.41, 5.74) is 2.68. The Morgan fingerprint density at radius 1 is 1.39 bits per heavy atom. The predicted octanol–water partition coefficient (Wildman–Crippen LogP) is 1.34. The molecule has 96 valence electrons. The van der Waals surface area contributed by atoms with E-state index in [1.54, 1.807) is 18.2 Å². The highest BCUT2D eigenvalue weighted by molar-refractivity contribution is 6.42. The number of benzene rings is 1. The number of halogens is 2. The van der Waals surface area contributed by atoms with Gasteiger partial charge in [-0.25, -0.2) is 5.84 Å². The van der Waals surface area contributed by atoms with Crippen molar-refractivity contribution in [3.8, 4) is 0 Å². The van der Waals surface area contributed by atoms with Gasteiger partial charge in [-0.05, 0) is 18.2 Å². The minimum atomic E-state index is -0.433. The van der Waals surface area contributed by atoms with E-state index in [1.165, 1.54) is 4.90 Å². The maximum absolute atomic E-state index is 11.8. The van der Waals surface area contributed by atoms with Gasteiger partial charge in [-0.3, -0.25) is 15.0 Å². The Hall–Kier alpha value is -1.30. The van der Waals surface area contributed by atoms with E-state index >= 15 is 0 Å². The van der Waals surface area contributed by atoms with Crippen molar-refractivity contribution in [3.05, 3.63) is 28.2 Å². The SMILES string of the molecule is NNC(=O)C1CC(=O)N(c2ccc(Cl)c(Cl)c2)C1. The van der Waals surface area contributed by atoms with E-state index in [2.05, 4.69) is 5.43 Å². The number of nitrogens with one attached hydrogen (secondary N) is 1. The first-order chi connectivity index (χ1) is 8.52. The summed E-state index contributed by atoms with van der Waals surface area (Å²) in [7, 11) is 0. The molecule has 0 bridgehead atoms. The van der Waals surface area contributed by atoms with Gasteiger partial charge >= 0.3 is 0 Å². The second-order valence-electron chi connectivity index (χ2n) is 4.01. The maximum atomic E-state index is 11.8. The van der Waals surface area contributed by atoms with Crippen molar-refractivity contribution in [2.45, 2.75) is 6.42 Å². The van der Waals surface area contributed by atoms with Crippen LogP contribution in [-0.4, -0.2) is 18.4 Å². The largest absolute Gasteiger partial charge is 0.312 e. The Morgan fingerprint density at radius 3 is 2.72 bits per heavy atom. The fraction of sp³-hybridized carbons (Fsp3) is 0.273. The van der Waals surface area contributed by atoms with Crippen LogP contribution in [0.1, 0.15) is 6.42 Å². The molecule has 1 aromatic rings. The van der Waals surface area contributed by atoms with Crippen LogP contribution in [0.4, 0.5) is 5.69 Å². The molecule has 5 nitrogen and oxygen atoms in total. The Labute approximate surface area is 114 Å². The molecule has 1 fully saturated rings. The van der Waals surface area contributed by atoms with Crippen LogP contribution < -0.4 is 16.2 Å². The molecule has 0 spiro atoms. The molecule has 2 rings (SSSR count). The number of hydrogen-bond acceptors (Lipinski definition) is 3. The number of nitrogens with zero attached hydrogens (tertiary/aromatic N) is 1. The minimum absolute atomic E-state index is 0.137. The summed E-state index contributed by atoms with van der Waals surface area (Å²) < 4.78 is 0. The summed E-state index contributed by atoms with van der Waals surface area (Å²) in [6.07, 6.45) is 0.142. The third-order valence-electron chi connectivity index (χ3n) is 2.85. The zero-order valence-electron chi connectivity index (χ0n) is 9.32. The van der Waals surface area contributed by atoms with Gasteiger partial charge in [-0.1, -0.05) is 23.2 Å². The Bertz CT molecular complexity index is 507. The second kappa shape index (κ2) is 5.14. The topological polar surface area (TPSA) is 75.4 Å². The van der Waals surface area contributed by atoms with Crippen LogP contribution in [-0.2, 0) is 9.59 Å².